The molecule has 3 nitrogen and oxygen atoms in total. The first-order valence-electron chi connectivity index (χ1n) is 6.37. The Morgan fingerprint density at radius 3 is 2.14 bits per heavy atom. The van der Waals surface area contributed by atoms with Gasteiger partial charge in [0.25, 0.3) is 5.88 Å². The number of aromatic nitrogens is 1. The lowest BCUT2D eigenvalue weighted by Crippen LogP contribution is -2.05. The highest BCUT2D eigenvalue weighted by Gasteiger charge is 2.32. The molecule has 0 unspecified atom stereocenters. The van der Waals surface area contributed by atoms with Gasteiger partial charge in [0, 0.05) is 6.20 Å². The lowest BCUT2D eigenvalue weighted by atomic mass is 10.2. The average Bonchev–Trinajstić information content (AvgIpc) is 2.44. The molecule has 1 N–H and O–H groups in total. The van der Waals surface area contributed by atoms with Gasteiger partial charge in [-0.15, -0.1) is 0 Å². The minimum Gasteiger partial charge on any atom is -0.503 e. The molecule has 0 radical (unpaired) electrons. The second-order valence-corrected chi connectivity index (χ2v) is 3.96. The molecule has 0 atom stereocenters. The van der Waals surface area contributed by atoms with Crippen LogP contribution in [0.4, 0.5) is 13.2 Å². The van der Waals surface area contributed by atoms with Crippen LogP contribution in [0.2, 0.25) is 0 Å². The van der Waals surface area contributed by atoms with Gasteiger partial charge in [0.15, 0.2) is 5.75 Å². The number of aromatic hydroxyl groups is 1. The van der Waals surface area contributed by atoms with E-state index in [-0.39, 0.29) is 5.88 Å². The Labute approximate surface area is 121 Å². The van der Waals surface area contributed by atoms with Gasteiger partial charge in [-0.05, 0) is 25.1 Å². The van der Waals surface area contributed by atoms with Crippen LogP contribution in [0.5, 0.6) is 17.4 Å². The smallest absolute Gasteiger partial charge is 0.418 e. The summed E-state index contributed by atoms with van der Waals surface area (Å²) in [5.74, 6) is -0.541. The zero-order chi connectivity index (χ0) is 16.0. The van der Waals surface area contributed by atoms with Crippen molar-refractivity contribution in [2.45, 2.75) is 26.9 Å². The van der Waals surface area contributed by atoms with Crippen molar-refractivity contribution in [3.05, 3.63) is 47.7 Å². The number of ether oxygens (including phenoxy) is 1. The number of halogens is 3. The SMILES string of the molecule is CC.Cc1ccc(Oc2ncc(C(F)(F)F)cc2O)cc1. The van der Waals surface area contributed by atoms with Gasteiger partial charge in [0.2, 0.25) is 0 Å². The van der Waals surface area contributed by atoms with Gasteiger partial charge in [-0.3, -0.25) is 0 Å². The van der Waals surface area contributed by atoms with Gasteiger partial charge >= 0.3 is 6.18 Å². The third-order valence-electron chi connectivity index (χ3n) is 2.40. The maximum Gasteiger partial charge on any atom is 0.418 e. The summed E-state index contributed by atoms with van der Waals surface area (Å²) < 4.78 is 42.3. The predicted molar refractivity (Wildman–Crippen MR) is 73.5 cm³/mol. The Kier molecular flexibility index (Phi) is 5.58. The third-order valence-corrected chi connectivity index (χ3v) is 2.40. The number of hydrogen-bond donors (Lipinski definition) is 1. The second-order valence-electron chi connectivity index (χ2n) is 3.96. The molecule has 0 aliphatic rings. The summed E-state index contributed by atoms with van der Waals surface area (Å²) in [6.07, 6.45) is -3.93. The fourth-order valence-corrected chi connectivity index (χ4v) is 1.39. The summed E-state index contributed by atoms with van der Waals surface area (Å²) in [6.45, 7) is 5.89. The Morgan fingerprint density at radius 1 is 1.10 bits per heavy atom. The highest BCUT2D eigenvalue weighted by Crippen LogP contribution is 2.35. The zero-order valence-corrected chi connectivity index (χ0v) is 11.9. The van der Waals surface area contributed by atoms with Gasteiger partial charge in [0.1, 0.15) is 5.75 Å². The van der Waals surface area contributed by atoms with Gasteiger partial charge in [-0.2, -0.15) is 13.2 Å². The lowest BCUT2D eigenvalue weighted by molar-refractivity contribution is -0.138. The standard InChI is InChI=1S/C13H10F3NO2.C2H6/c1-8-2-4-10(5-3-8)19-12-11(18)6-9(7-17-12)13(14,15)16;1-2/h2-7,18H,1H3;1-2H3. The van der Waals surface area contributed by atoms with E-state index in [1.54, 1.807) is 24.3 Å². The molecule has 0 saturated heterocycles. The first kappa shape index (κ1) is 16.8. The monoisotopic (exact) mass is 299 g/mol. The van der Waals surface area contributed by atoms with Crippen LogP contribution in [0.3, 0.4) is 0 Å². The van der Waals surface area contributed by atoms with Gasteiger partial charge in [-0.1, -0.05) is 31.5 Å². The van der Waals surface area contributed by atoms with E-state index in [0.717, 1.165) is 5.56 Å². The molecule has 0 spiro atoms. The number of aryl methyl sites for hydroxylation is 1. The number of pyridine rings is 1. The Bertz CT molecular complexity index is 580. The molecule has 2 aromatic rings. The summed E-state index contributed by atoms with van der Waals surface area (Å²) in [5, 5.41) is 9.48. The maximum atomic E-state index is 12.4. The molecule has 0 saturated carbocycles. The van der Waals surface area contributed by atoms with Crippen molar-refractivity contribution in [3.8, 4) is 17.4 Å². The summed E-state index contributed by atoms with van der Waals surface area (Å²) in [4.78, 5) is 3.47. The Hall–Kier alpha value is -2.24. The molecule has 21 heavy (non-hydrogen) atoms. The number of rotatable bonds is 2. The minimum atomic E-state index is -4.55. The highest BCUT2D eigenvalue weighted by molar-refractivity contribution is 5.39. The molecular formula is C15H16F3NO2. The van der Waals surface area contributed by atoms with E-state index < -0.39 is 17.5 Å². The van der Waals surface area contributed by atoms with E-state index in [2.05, 4.69) is 4.98 Å². The van der Waals surface area contributed by atoms with E-state index in [4.69, 9.17) is 4.74 Å². The first-order chi connectivity index (χ1) is 9.86. The zero-order valence-electron chi connectivity index (χ0n) is 11.9. The minimum absolute atomic E-state index is 0.267. The first-order valence-corrected chi connectivity index (χ1v) is 6.37. The third kappa shape index (κ3) is 4.66. The van der Waals surface area contributed by atoms with Gasteiger partial charge in [0.05, 0.1) is 5.56 Å². The molecule has 1 heterocycles. The van der Waals surface area contributed by atoms with Crippen molar-refractivity contribution < 1.29 is 23.0 Å². The molecule has 0 bridgehead atoms. The maximum absolute atomic E-state index is 12.4. The van der Waals surface area contributed by atoms with Crippen molar-refractivity contribution in [3.63, 3.8) is 0 Å². The number of benzene rings is 1. The number of hydrogen-bond acceptors (Lipinski definition) is 3. The van der Waals surface area contributed by atoms with Crippen LogP contribution < -0.4 is 4.74 Å². The largest absolute Gasteiger partial charge is 0.503 e. The molecule has 0 amide bonds. The van der Waals surface area contributed by atoms with Crippen molar-refractivity contribution in [2.24, 2.45) is 0 Å². The quantitative estimate of drug-likeness (QED) is 0.854. The highest BCUT2D eigenvalue weighted by atomic mass is 19.4. The second kappa shape index (κ2) is 6.97. The molecule has 0 aliphatic carbocycles. The van der Waals surface area contributed by atoms with Crippen LogP contribution in [0, 0.1) is 6.92 Å². The molecule has 1 aromatic carbocycles. The van der Waals surface area contributed by atoms with E-state index in [9.17, 15) is 18.3 Å². The molecule has 6 heteroatoms. The molecule has 114 valence electrons. The van der Waals surface area contributed by atoms with E-state index in [1.165, 1.54) is 0 Å². The Morgan fingerprint density at radius 2 is 1.67 bits per heavy atom. The predicted octanol–water partition coefficient (Wildman–Crippen LogP) is 4.93. The number of alkyl halides is 3. The summed E-state index contributed by atoms with van der Waals surface area (Å²) in [6, 6.07) is 7.39. The summed E-state index contributed by atoms with van der Waals surface area (Å²) in [7, 11) is 0. The van der Waals surface area contributed by atoms with Crippen LogP contribution in [-0.2, 0) is 6.18 Å². The normalized spacial score (nSPS) is 10.6. The molecule has 2 rings (SSSR count). The van der Waals surface area contributed by atoms with E-state index >= 15 is 0 Å². The average molecular weight is 299 g/mol. The van der Waals surface area contributed by atoms with E-state index in [0.29, 0.717) is 18.0 Å². The van der Waals surface area contributed by atoms with Crippen LogP contribution in [-0.4, -0.2) is 10.1 Å². The summed E-state index contributed by atoms with van der Waals surface area (Å²) in [5.41, 5.74) is -0.0155. The van der Waals surface area contributed by atoms with Crippen LogP contribution in [0.25, 0.3) is 0 Å². The lowest BCUT2D eigenvalue weighted by Gasteiger charge is -2.10. The van der Waals surface area contributed by atoms with Crippen molar-refractivity contribution >= 4 is 0 Å². The number of nitrogens with zero attached hydrogens (tertiary/aromatic N) is 1. The molecule has 1 aromatic heterocycles. The van der Waals surface area contributed by atoms with Gasteiger partial charge < -0.3 is 9.84 Å². The van der Waals surface area contributed by atoms with Crippen LogP contribution in [0.1, 0.15) is 25.0 Å². The fourth-order valence-electron chi connectivity index (χ4n) is 1.39. The molecule has 0 fully saturated rings. The van der Waals surface area contributed by atoms with Crippen molar-refractivity contribution in [1.82, 2.24) is 4.98 Å². The molecular weight excluding hydrogens is 283 g/mol. The van der Waals surface area contributed by atoms with E-state index in [1.807, 2.05) is 20.8 Å². The van der Waals surface area contributed by atoms with Crippen molar-refractivity contribution in [1.29, 1.82) is 0 Å². The van der Waals surface area contributed by atoms with Gasteiger partial charge in [-0.25, -0.2) is 4.98 Å². The summed E-state index contributed by atoms with van der Waals surface area (Å²) >= 11 is 0. The van der Waals surface area contributed by atoms with Crippen LogP contribution in [0.15, 0.2) is 36.5 Å². The Balaban J connectivity index is 0.00000106. The fraction of sp³-hybridized carbons (Fsp3) is 0.267. The van der Waals surface area contributed by atoms with Crippen molar-refractivity contribution in [2.75, 3.05) is 0 Å². The topological polar surface area (TPSA) is 42.4 Å². The molecule has 0 aliphatic heterocycles. The van der Waals surface area contributed by atoms with Crippen LogP contribution >= 0.6 is 0 Å².